The van der Waals surface area contributed by atoms with Crippen LogP contribution in [0.15, 0.2) is 35.4 Å². The Balaban J connectivity index is 2.11. The first-order chi connectivity index (χ1) is 12.5. The first-order valence-electron chi connectivity index (χ1n) is 7.93. The minimum atomic E-state index is -3.70. The summed E-state index contributed by atoms with van der Waals surface area (Å²) < 4.78 is 32.3. The number of esters is 1. The van der Waals surface area contributed by atoms with E-state index in [4.69, 9.17) is 16.3 Å². The number of nitrogens with zero attached hydrogens (tertiary/aromatic N) is 1. The molecule has 1 heterocycles. The van der Waals surface area contributed by atoms with Crippen molar-refractivity contribution in [2.45, 2.75) is 24.8 Å². The molecule has 0 aliphatic carbocycles. The van der Waals surface area contributed by atoms with Gasteiger partial charge in [0, 0.05) is 24.0 Å². The zero-order chi connectivity index (χ0) is 20.4. The van der Waals surface area contributed by atoms with Gasteiger partial charge in [0.25, 0.3) is 5.91 Å². The summed E-state index contributed by atoms with van der Waals surface area (Å²) in [7, 11) is -0.924. The topological polar surface area (TPSA) is 106 Å². The van der Waals surface area contributed by atoms with E-state index in [9.17, 15) is 18.0 Å². The zero-order valence-electron chi connectivity index (χ0n) is 15.2. The van der Waals surface area contributed by atoms with Gasteiger partial charge in [-0.05, 0) is 44.7 Å². The third-order valence-electron chi connectivity index (χ3n) is 3.88. The molecule has 27 heavy (non-hydrogen) atoms. The number of amides is 1. The van der Waals surface area contributed by atoms with Crippen LogP contribution in [0.3, 0.4) is 0 Å². The molecule has 0 bridgehead atoms. The van der Waals surface area contributed by atoms with Crippen molar-refractivity contribution in [3.8, 4) is 0 Å². The van der Waals surface area contributed by atoms with Gasteiger partial charge in [0.05, 0.1) is 0 Å². The maximum absolute atomic E-state index is 12.3. The molecule has 10 heteroatoms. The maximum atomic E-state index is 12.3. The van der Waals surface area contributed by atoms with Crippen LogP contribution >= 0.6 is 11.6 Å². The van der Waals surface area contributed by atoms with Crippen LogP contribution in [0.5, 0.6) is 0 Å². The smallest absolute Gasteiger partial charge is 0.355 e. The van der Waals surface area contributed by atoms with Crippen LogP contribution in [-0.4, -0.2) is 38.0 Å². The highest BCUT2D eigenvalue weighted by Crippen LogP contribution is 2.21. The molecule has 1 aromatic carbocycles. The number of nitrogens with one attached hydrogen (secondary N) is 2. The summed E-state index contributed by atoms with van der Waals surface area (Å²) in [5.74, 6) is -1.36. The number of carbonyl (C=O) groups excluding carboxylic acids is 2. The van der Waals surface area contributed by atoms with E-state index < -0.39 is 28.0 Å². The maximum Gasteiger partial charge on any atom is 0.355 e. The molecule has 146 valence electrons. The number of hydrogen-bond donors (Lipinski definition) is 2. The van der Waals surface area contributed by atoms with Crippen molar-refractivity contribution in [1.29, 1.82) is 0 Å². The molecular weight excluding hydrogens is 394 g/mol. The summed E-state index contributed by atoms with van der Waals surface area (Å²) >= 11 is 5.92. The van der Waals surface area contributed by atoms with Crippen LogP contribution in [0.2, 0.25) is 5.02 Å². The second kappa shape index (κ2) is 8.12. The number of aromatic nitrogens is 1. The molecule has 0 fully saturated rings. The number of anilines is 1. The van der Waals surface area contributed by atoms with E-state index in [1.54, 1.807) is 25.1 Å². The monoisotopic (exact) mass is 413 g/mol. The fourth-order valence-electron chi connectivity index (χ4n) is 2.24. The number of hydrogen-bond acceptors (Lipinski definition) is 5. The van der Waals surface area contributed by atoms with Crippen molar-refractivity contribution in [2.75, 3.05) is 12.4 Å². The predicted molar refractivity (Wildman–Crippen MR) is 101 cm³/mol. The summed E-state index contributed by atoms with van der Waals surface area (Å²) in [6.45, 7) is 3.22. The van der Waals surface area contributed by atoms with Gasteiger partial charge in [-0.3, -0.25) is 4.79 Å². The molecule has 2 N–H and O–H groups in total. The fourth-order valence-corrected chi connectivity index (χ4v) is 3.21. The fraction of sp³-hybridized carbons (Fsp3) is 0.294. The van der Waals surface area contributed by atoms with Gasteiger partial charge in [0.15, 0.2) is 6.10 Å². The lowest BCUT2D eigenvalue weighted by Crippen LogP contribution is -2.30. The number of aryl methyl sites for hydroxylation is 2. The van der Waals surface area contributed by atoms with Gasteiger partial charge in [0.2, 0.25) is 10.0 Å². The normalized spacial score (nSPS) is 12.5. The molecule has 8 nitrogen and oxygen atoms in total. The average molecular weight is 414 g/mol. The number of ether oxygens (including phenoxy) is 1. The highest BCUT2D eigenvalue weighted by Gasteiger charge is 2.24. The summed E-state index contributed by atoms with van der Waals surface area (Å²) in [6.07, 6.45) is 0.179. The molecule has 0 saturated heterocycles. The largest absolute Gasteiger partial charge is 0.448 e. The van der Waals surface area contributed by atoms with E-state index in [1.165, 1.54) is 37.8 Å². The van der Waals surface area contributed by atoms with Gasteiger partial charge in [-0.15, -0.1) is 0 Å². The van der Waals surface area contributed by atoms with Crippen LogP contribution in [0.4, 0.5) is 5.69 Å². The molecule has 2 rings (SSSR count). The van der Waals surface area contributed by atoms with Crippen LogP contribution < -0.4 is 10.0 Å². The van der Waals surface area contributed by atoms with Crippen LogP contribution in [0.25, 0.3) is 0 Å². The van der Waals surface area contributed by atoms with E-state index in [0.717, 1.165) is 5.56 Å². The van der Waals surface area contributed by atoms with E-state index >= 15 is 0 Å². The van der Waals surface area contributed by atoms with E-state index in [0.29, 0.717) is 10.7 Å². The predicted octanol–water partition coefficient (Wildman–Crippen LogP) is 2.08. The summed E-state index contributed by atoms with van der Waals surface area (Å²) in [5.41, 5.74) is 1.31. The number of carbonyl (C=O) groups is 2. The number of rotatable bonds is 6. The lowest BCUT2D eigenvalue weighted by atomic mass is 10.2. The van der Waals surface area contributed by atoms with Gasteiger partial charge in [-0.1, -0.05) is 17.7 Å². The molecule has 1 aromatic heterocycles. The Morgan fingerprint density at radius 1 is 1.26 bits per heavy atom. The summed E-state index contributed by atoms with van der Waals surface area (Å²) in [4.78, 5) is 24.5. The van der Waals surface area contributed by atoms with Crippen LogP contribution in [0.1, 0.15) is 23.0 Å². The Bertz CT molecular complexity index is 984. The molecule has 0 aliphatic heterocycles. The van der Waals surface area contributed by atoms with Crippen molar-refractivity contribution in [1.82, 2.24) is 9.29 Å². The molecule has 0 radical (unpaired) electrons. The first-order valence-corrected chi connectivity index (χ1v) is 9.79. The third-order valence-corrected chi connectivity index (χ3v) is 5.49. The molecule has 1 atom stereocenters. The Morgan fingerprint density at radius 2 is 1.93 bits per heavy atom. The second-order valence-corrected chi connectivity index (χ2v) is 8.20. The Kier molecular flexibility index (Phi) is 6.30. The standard InChI is InChI=1S/C17H20ClN3O5S/c1-10-5-6-12(18)7-14(10)20-16(22)11(2)26-17(23)15-8-13(9-21(15)4)27(24,25)19-3/h5-9,11,19H,1-4H3,(H,20,22). The zero-order valence-corrected chi connectivity index (χ0v) is 16.8. The first kappa shape index (κ1) is 20.9. The molecule has 0 spiro atoms. The highest BCUT2D eigenvalue weighted by atomic mass is 35.5. The van der Waals surface area contributed by atoms with Crippen LogP contribution in [0, 0.1) is 6.92 Å². The van der Waals surface area contributed by atoms with Crippen molar-refractivity contribution >= 4 is 39.2 Å². The van der Waals surface area contributed by atoms with Crippen molar-refractivity contribution < 1.29 is 22.7 Å². The van der Waals surface area contributed by atoms with Crippen molar-refractivity contribution in [3.05, 3.63) is 46.7 Å². The average Bonchev–Trinajstić information content (AvgIpc) is 3.00. The Morgan fingerprint density at radius 3 is 2.56 bits per heavy atom. The molecular formula is C17H20ClN3O5S. The minimum absolute atomic E-state index is 0.00223. The number of halogens is 1. The van der Waals surface area contributed by atoms with E-state index in [1.807, 2.05) is 0 Å². The van der Waals surface area contributed by atoms with Crippen LogP contribution in [-0.2, 0) is 26.6 Å². The summed E-state index contributed by atoms with van der Waals surface area (Å²) in [5, 5.41) is 3.11. The second-order valence-electron chi connectivity index (χ2n) is 5.88. The molecule has 1 unspecified atom stereocenters. The number of benzene rings is 1. The van der Waals surface area contributed by atoms with Crippen molar-refractivity contribution in [3.63, 3.8) is 0 Å². The van der Waals surface area contributed by atoms with Gasteiger partial charge >= 0.3 is 5.97 Å². The highest BCUT2D eigenvalue weighted by molar-refractivity contribution is 7.89. The SMILES string of the molecule is CNS(=O)(=O)c1cc(C(=O)OC(C)C(=O)Nc2cc(Cl)ccc2C)n(C)c1. The third kappa shape index (κ3) is 4.88. The summed E-state index contributed by atoms with van der Waals surface area (Å²) in [6, 6.07) is 6.22. The minimum Gasteiger partial charge on any atom is -0.448 e. The van der Waals surface area contributed by atoms with Gasteiger partial charge in [-0.25, -0.2) is 17.9 Å². The quantitative estimate of drug-likeness (QED) is 0.705. The van der Waals surface area contributed by atoms with Gasteiger partial charge in [-0.2, -0.15) is 0 Å². The van der Waals surface area contributed by atoms with Gasteiger partial charge < -0.3 is 14.6 Å². The Labute approximate surface area is 162 Å². The lowest BCUT2D eigenvalue weighted by molar-refractivity contribution is -0.123. The molecule has 0 saturated carbocycles. The molecule has 2 aromatic rings. The van der Waals surface area contributed by atoms with Crippen molar-refractivity contribution in [2.24, 2.45) is 7.05 Å². The van der Waals surface area contributed by atoms with Gasteiger partial charge in [0.1, 0.15) is 10.6 Å². The molecule has 0 aliphatic rings. The number of sulfonamides is 1. The Hall–Kier alpha value is -2.36. The van der Waals surface area contributed by atoms with E-state index in [2.05, 4.69) is 10.0 Å². The van der Waals surface area contributed by atoms with E-state index in [-0.39, 0.29) is 10.6 Å². The lowest BCUT2D eigenvalue weighted by Gasteiger charge is -2.15. The molecule has 1 amide bonds.